The van der Waals surface area contributed by atoms with Crippen LogP contribution >= 0.6 is 0 Å². The molecule has 0 radical (unpaired) electrons. The smallest absolute Gasteiger partial charge is 0.317 e. The van der Waals surface area contributed by atoms with Crippen LogP contribution in [0.2, 0.25) is 0 Å². The first-order valence-electron chi connectivity index (χ1n) is 10.0. The Balaban J connectivity index is 1.94. The lowest BCUT2D eigenvalue weighted by molar-refractivity contribution is -0.130. The van der Waals surface area contributed by atoms with E-state index in [1.54, 1.807) is 27.3 Å². The zero-order valence-electron chi connectivity index (χ0n) is 17.5. The normalized spacial score (nSPS) is 14.3. The topological polar surface area (TPSA) is 71.1 Å². The van der Waals surface area contributed by atoms with Crippen LogP contribution in [0.1, 0.15) is 44.6 Å². The first-order chi connectivity index (χ1) is 13.5. The molecule has 0 heterocycles. The Hall–Kier alpha value is -2.44. The first kappa shape index (κ1) is 21.9. The van der Waals surface area contributed by atoms with E-state index in [0.717, 1.165) is 18.4 Å². The highest BCUT2D eigenvalue weighted by Gasteiger charge is 2.23. The number of benzene rings is 1. The van der Waals surface area contributed by atoms with Crippen molar-refractivity contribution in [2.75, 3.05) is 34.4 Å². The molecule has 1 aromatic rings. The van der Waals surface area contributed by atoms with E-state index in [1.165, 1.54) is 24.2 Å². The summed E-state index contributed by atoms with van der Waals surface area (Å²) in [7, 11) is 4.92. The van der Waals surface area contributed by atoms with Gasteiger partial charge in [-0.25, -0.2) is 4.79 Å². The summed E-state index contributed by atoms with van der Waals surface area (Å²) in [6.45, 7) is 3.10. The molecule has 0 spiro atoms. The van der Waals surface area contributed by atoms with Gasteiger partial charge in [-0.2, -0.15) is 0 Å². The number of carbonyl (C=O) groups excluding carboxylic acids is 2. The van der Waals surface area contributed by atoms with Gasteiger partial charge in [0, 0.05) is 33.2 Å². The number of carbonyl (C=O) groups is 2. The van der Waals surface area contributed by atoms with Crippen LogP contribution < -0.4 is 14.8 Å². The number of hydrogen-bond donors (Lipinski definition) is 1. The van der Waals surface area contributed by atoms with E-state index < -0.39 is 0 Å². The summed E-state index contributed by atoms with van der Waals surface area (Å²) in [5.74, 6) is 0.920. The van der Waals surface area contributed by atoms with Gasteiger partial charge in [-0.3, -0.25) is 4.79 Å². The summed E-state index contributed by atoms with van der Waals surface area (Å²) in [6, 6.07) is 5.78. The predicted octanol–water partition coefficient (Wildman–Crippen LogP) is 3.03. The summed E-state index contributed by atoms with van der Waals surface area (Å²) in [6.07, 6.45) is 5.84. The molecule has 1 N–H and O–H groups in total. The Bertz CT molecular complexity index is 657. The standard InChI is InChI=1S/C21H33N3O4/c1-5-24(17-9-7-6-8-10-17)21(26)22-14-16-11-12-18(19(13-16)27-4)28-15-20(25)23(2)3/h11-13,17H,5-10,14-15H2,1-4H3,(H,22,26). The highest BCUT2D eigenvalue weighted by molar-refractivity contribution is 5.77. The van der Waals surface area contributed by atoms with Crippen molar-refractivity contribution in [2.45, 2.75) is 51.6 Å². The van der Waals surface area contributed by atoms with Gasteiger partial charge >= 0.3 is 6.03 Å². The Labute approximate surface area is 168 Å². The lowest BCUT2D eigenvalue weighted by Gasteiger charge is -2.33. The Morgan fingerprint density at radius 1 is 1.14 bits per heavy atom. The van der Waals surface area contributed by atoms with Gasteiger partial charge in [0.25, 0.3) is 5.91 Å². The fourth-order valence-corrected chi connectivity index (χ4v) is 3.45. The molecule has 1 saturated carbocycles. The lowest BCUT2D eigenvalue weighted by Crippen LogP contribution is -2.46. The number of likely N-dealkylation sites (N-methyl/N-ethyl adjacent to an activating group) is 1. The van der Waals surface area contributed by atoms with Crippen molar-refractivity contribution in [1.29, 1.82) is 0 Å². The number of ether oxygens (including phenoxy) is 2. The zero-order chi connectivity index (χ0) is 20.5. The highest BCUT2D eigenvalue weighted by atomic mass is 16.5. The number of urea groups is 1. The van der Waals surface area contributed by atoms with Gasteiger partial charge in [-0.15, -0.1) is 0 Å². The molecule has 2 rings (SSSR count). The molecule has 0 saturated heterocycles. The molecule has 3 amide bonds. The minimum absolute atomic E-state index is 0.0229. The van der Waals surface area contributed by atoms with Crippen LogP contribution in [0.25, 0.3) is 0 Å². The molecule has 0 unspecified atom stereocenters. The van der Waals surface area contributed by atoms with Gasteiger partial charge in [0.15, 0.2) is 18.1 Å². The van der Waals surface area contributed by atoms with Crippen molar-refractivity contribution < 1.29 is 19.1 Å². The van der Waals surface area contributed by atoms with Gasteiger partial charge in [0.2, 0.25) is 0 Å². The quantitative estimate of drug-likeness (QED) is 0.739. The van der Waals surface area contributed by atoms with Crippen molar-refractivity contribution in [3.63, 3.8) is 0 Å². The van der Waals surface area contributed by atoms with Crippen LogP contribution in [-0.4, -0.2) is 62.1 Å². The number of nitrogens with zero attached hydrogens (tertiary/aromatic N) is 2. The van der Waals surface area contributed by atoms with E-state index in [0.29, 0.717) is 30.6 Å². The third-order valence-corrected chi connectivity index (χ3v) is 5.14. The molecule has 0 atom stereocenters. The molecular formula is C21H33N3O4. The van der Waals surface area contributed by atoms with E-state index in [9.17, 15) is 9.59 Å². The van der Waals surface area contributed by atoms with E-state index in [-0.39, 0.29) is 18.5 Å². The summed E-state index contributed by atoms with van der Waals surface area (Å²) < 4.78 is 10.9. The van der Waals surface area contributed by atoms with Crippen molar-refractivity contribution in [3.05, 3.63) is 23.8 Å². The minimum Gasteiger partial charge on any atom is -0.493 e. The number of methoxy groups -OCH3 is 1. The molecule has 7 nitrogen and oxygen atoms in total. The molecule has 7 heteroatoms. The third-order valence-electron chi connectivity index (χ3n) is 5.14. The van der Waals surface area contributed by atoms with Crippen molar-refractivity contribution >= 4 is 11.9 Å². The van der Waals surface area contributed by atoms with Crippen molar-refractivity contribution in [2.24, 2.45) is 0 Å². The molecule has 0 aliphatic heterocycles. The molecule has 28 heavy (non-hydrogen) atoms. The van der Waals surface area contributed by atoms with Crippen LogP contribution in [-0.2, 0) is 11.3 Å². The predicted molar refractivity (Wildman–Crippen MR) is 109 cm³/mol. The highest BCUT2D eigenvalue weighted by Crippen LogP contribution is 2.28. The monoisotopic (exact) mass is 391 g/mol. The Morgan fingerprint density at radius 3 is 2.46 bits per heavy atom. The first-order valence-corrected chi connectivity index (χ1v) is 10.0. The maximum Gasteiger partial charge on any atom is 0.317 e. The van der Waals surface area contributed by atoms with Gasteiger partial charge in [-0.05, 0) is 37.5 Å². The number of nitrogens with one attached hydrogen (secondary N) is 1. The second-order valence-corrected chi connectivity index (χ2v) is 7.30. The fraction of sp³-hybridized carbons (Fsp3) is 0.619. The SMILES string of the molecule is CCN(C(=O)NCc1ccc(OCC(=O)N(C)C)c(OC)c1)C1CCCCC1. The van der Waals surface area contributed by atoms with E-state index >= 15 is 0 Å². The molecule has 156 valence electrons. The summed E-state index contributed by atoms with van der Waals surface area (Å²) in [5, 5.41) is 3.01. The summed E-state index contributed by atoms with van der Waals surface area (Å²) in [5.41, 5.74) is 0.913. The van der Waals surface area contributed by atoms with Crippen molar-refractivity contribution in [1.82, 2.24) is 15.1 Å². The average Bonchev–Trinajstić information content (AvgIpc) is 2.71. The second-order valence-electron chi connectivity index (χ2n) is 7.30. The van der Waals surface area contributed by atoms with E-state index in [1.807, 2.05) is 24.0 Å². The van der Waals surface area contributed by atoms with Crippen LogP contribution in [0.3, 0.4) is 0 Å². The molecule has 1 aromatic carbocycles. The molecule has 0 bridgehead atoms. The van der Waals surface area contributed by atoms with Gasteiger partial charge in [-0.1, -0.05) is 25.3 Å². The van der Waals surface area contributed by atoms with Gasteiger partial charge in [0.1, 0.15) is 0 Å². The average molecular weight is 392 g/mol. The van der Waals surface area contributed by atoms with Gasteiger partial charge < -0.3 is 24.6 Å². The minimum atomic E-state index is -0.124. The molecule has 0 aromatic heterocycles. The maximum atomic E-state index is 12.6. The molecular weight excluding hydrogens is 358 g/mol. The second kappa shape index (κ2) is 10.8. The molecule has 1 fully saturated rings. The van der Waals surface area contributed by atoms with Crippen molar-refractivity contribution in [3.8, 4) is 11.5 Å². The van der Waals surface area contributed by atoms with Crippen LogP contribution in [0.5, 0.6) is 11.5 Å². The number of amides is 3. The molecule has 1 aliphatic rings. The molecule has 1 aliphatic carbocycles. The lowest BCUT2D eigenvalue weighted by atomic mass is 9.94. The summed E-state index contributed by atoms with van der Waals surface area (Å²) in [4.78, 5) is 27.7. The zero-order valence-corrected chi connectivity index (χ0v) is 17.5. The van der Waals surface area contributed by atoms with Crippen LogP contribution in [0.4, 0.5) is 4.79 Å². The van der Waals surface area contributed by atoms with E-state index in [4.69, 9.17) is 9.47 Å². The Morgan fingerprint density at radius 2 is 1.86 bits per heavy atom. The summed E-state index contributed by atoms with van der Waals surface area (Å²) >= 11 is 0. The fourth-order valence-electron chi connectivity index (χ4n) is 3.45. The third kappa shape index (κ3) is 6.04. The van der Waals surface area contributed by atoms with Crippen LogP contribution in [0.15, 0.2) is 18.2 Å². The van der Waals surface area contributed by atoms with E-state index in [2.05, 4.69) is 5.32 Å². The Kier molecular flexibility index (Phi) is 8.42. The van der Waals surface area contributed by atoms with Gasteiger partial charge in [0.05, 0.1) is 7.11 Å². The maximum absolute atomic E-state index is 12.6. The largest absolute Gasteiger partial charge is 0.493 e. The number of hydrogen-bond acceptors (Lipinski definition) is 4. The number of rotatable bonds is 8. The van der Waals surface area contributed by atoms with Crippen LogP contribution in [0, 0.1) is 0 Å².